The Kier molecular flexibility index (Phi) is 34.4. The summed E-state index contributed by atoms with van der Waals surface area (Å²) >= 11 is 0. The topological polar surface area (TPSA) is 172 Å². The van der Waals surface area contributed by atoms with Crippen LogP contribution in [0.25, 0.3) is 0 Å². The molecule has 3 atom stereocenters. The van der Waals surface area contributed by atoms with Crippen LogP contribution in [0.15, 0.2) is 85.1 Å². The third kappa shape index (κ3) is 35.7. The lowest BCUT2D eigenvalue weighted by Crippen LogP contribution is -2.34. The number of carbonyl (C=O) groups excluding carboxylic acids is 2. The Hall–Kier alpha value is -3.34. The molecule has 0 aromatic heterocycles. The molecule has 0 spiro atoms. The number of carboxylic acid groups (broad SMARTS) is 1. The van der Waals surface area contributed by atoms with Gasteiger partial charge in [-0.3, -0.25) is 23.4 Å². The van der Waals surface area contributed by atoms with Crippen molar-refractivity contribution < 1.29 is 47.5 Å². The molecule has 54 heavy (non-hydrogen) atoms. The number of rotatable bonds is 35. The molecule has 0 saturated heterocycles. The van der Waals surface area contributed by atoms with E-state index in [9.17, 15) is 23.8 Å². The zero-order valence-electron chi connectivity index (χ0n) is 32.8. The Morgan fingerprint density at radius 3 is 1.69 bits per heavy atom. The molecule has 0 aromatic carbocycles. The highest BCUT2D eigenvalue weighted by molar-refractivity contribution is 7.47. The number of esters is 2. The SMILES string of the molecule is CC/C=C/C=C/C=C/C=C/CCCCCCCC(=O)OC[C@H](COP(=O)(O)OC[C@H](N)C(=O)O)OC(=O)CCCCCCC/C=C/C/C=C/C/C=C/CC. The highest BCUT2D eigenvalue weighted by Crippen LogP contribution is 2.43. The van der Waals surface area contributed by atoms with E-state index < -0.39 is 51.1 Å². The molecule has 4 N–H and O–H groups in total. The van der Waals surface area contributed by atoms with E-state index in [1.165, 1.54) is 0 Å². The van der Waals surface area contributed by atoms with E-state index in [1.807, 2.05) is 36.5 Å². The maximum atomic E-state index is 12.6. The molecule has 11 nitrogen and oxygen atoms in total. The van der Waals surface area contributed by atoms with Crippen molar-refractivity contribution in [3.05, 3.63) is 85.1 Å². The van der Waals surface area contributed by atoms with Crippen molar-refractivity contribution in [2.75, 3.05) is 19.8 Å². The summed E-state index contributed by atoms with van der Waals surface area (Å²) in [5, 5.41) is 8.87. The van der Waals surface area contributed by atoms with Crippen molar-refractivity contribution in [1.29, 1.82) is 0 Å². The van der Waals surface area contributed by atoms with E-state index in [-0.39, 0.29) is 19.4 Å². The van der Waals surface area contributed by atoms with Crippen LogP contribution in [0.3, 0.4) is 0 Å². The van der Waals surface area contributed by atoms with E-state index >= 15 is 0 Å². The highest BCUT2D eigenvalue weighted by atomic mass is 31.2. The van der Waals surface area contributed by atoms with Crippen molar-refractivity contribution in [3.63, 3.8) is 0 Å². The molecule has 306 valence electrons. The van der Waals surface area contributed by atoms with Crippen molar-refractivity contribution in [2.45, 2.75) is 142 Å². The fourth-order valence-electron chi connectivity index (χ4n) is 4.68. The summed E-state index contributed by atoms with van der Waals surface area (Å²) in [7, 11) is -4.73. The molecule has 0 saturated carbocycles. The summed E-state index contributed by atoms with van der Waals surface area (Å²) < 4.78 is 32.6. The molecule has 0 amide bonds. The van der Waals surface area contributed by atoms with Gasteiger partial charge in [-0.2, -0.15) is 0 Å². The minimum absolute atomic E-state index is 0.131. The van der Waals surface area contributed by atoms with Crippen LogP contribution in [-0.2, 0) is 37.5 Å². The molecule has 0 bridgehead atoms. The molecule has 12 heteroatoms. The lowest BCUT2D eigenvalue weighted by Gasteiger charge is -2.20. The van der Waals surface area contributed by atoms with Gasteiger partial charge in [0.05, 0.1) is 13.2 Å². The van der Waals surface area contributed by atoms with Gasteiger partial charge in [-0.05, 0) is 64.2 Å². The van der Waals surface area contributed by atoms with Gasteiger partial charge in [0.25, 0.3) is 0 Å². The number of hydrogen-bond donors (Lipinski definition) is 3. The van der Waals surface area contributed by atoms with Crippen LogP contribution < -0.4 is 5.73 Å². The predicted octanol–water partition coefficient (Wildman–Crippen LogP) is 9.94. The van der Waals surface area contributed by atoms with Crippen LogP contribution in [0.5, 0.6) is 0 Å². The number of aliphatic carboxylic acids is 1. The Morgan fingerprint density at radius 2 is 1.07 bits per heavy atom. The molecule has 0 radical (unpaired) electrons. The Labute approximate surface area is 324 Å². The van der Waals surface area contributed by atoms with Gasteiger partial charge in [-0.15, -0.1) is 0 Å². The van der Waals surface area contributed by atoms with Crippen LogP contribution >= 0.6 is 7.82 Å². The number of carboxylic acids is 1. The van der Waals surface area contributed by atoms with Crippen LogP contribution in [0.1, 0.15) is 129 Å². The van der Waals surface area contributed by atoms with E-state index in [0.717, 1.165) is 89.9 Å². The molecular weight excluding hydrogens is 709 g/mol. The molecular formula is C42H68NO10P. The summed E-state index contributed by atoms with van der Waals surface area (Å²) in [5.74, 6) is -2.45. The normalized spacial score (nSPS) is 14.7. The van der Waals surface area contributed by atoms with E-state index in [0.29, 0.717) is 12.8 Å². The number of phosphoric acid groups is 1. The fraction of sp³-hybridized carbons (Fsp3) is 0.595. The number of allylic oxidation sites excluding steroid dienone is 14. The molecule has 0 rings (SSSR count). The number of nitrogens with two attached hydrogens (primary N) is 1. The maximum Gasteiger partial charge on any atom is 0.472 e. The monoisotopic (exact) mass is 777 g/mol. The summed E-state index contributed by atoms with van der Waals surface area (Å²) in [6, 6.07) is -1.53. The van der Waals surface area contributed by atoms with E-state index in [2.05, 4.69) is 67.0 Å². The zero-order valence-corrected chi connectivity index (χ0v) is 33.7. The molecule has 0 fully saturated rings. The lowest BCUT2D eigenvalue weighted by molar-refractivity contribution is -0.161. The first-order valence-electron chi connectivity index (χ1n) is 19.7. The number of hydrogen-bond acceptors (Lipinski definition) is 9. The van der Waals surface area contributed by atoms with Crippen LogP contribution in [0.4, 0.5) is 0 Å². The molecule has 1 unspecified atom stereocenters. The first-order valence-corrected chi connectivity index (χ1v) is 21.2. The van der Waals surface area contributed by atoms with Gasteiger partial charge in [-0.25, -0.2) is 4.57 Å². The van der Waals surface area contributed by atoms with Crippen LogP contribution in [-0.4, -0.2) is 59.9 Å². The third-order valence-electron chi connectivity index (χ3n) is 7.73. The minimum atomic E-state index is -4.73. The summed E-state index contributed by atoms with van der Waals surface area (Å²) in [4.78, 5) is 45.8. The fourth-order valence-corrected chi connectivity index (χ4v) is 5.45. The van der Waals surface area contributed by atoms with Crippen molar-refractivity contribution in [2.24, 2.45) is 5.73 Å². The minimum Gasteiger partial charge on any atom is -0.480 e. The van der Waals surface area contributed by atoms with Gasteiger partial charge in [0, 0.05) is 12.8 Å². The summed E-state index contributed by atoms with van der Waals surface area (Å²) in [5.41, 5.74) is 5.32. The predicted molar refractivity (Wildman–Crippen MR) is 217 cm³/mol. The Bertz CT molecular complexity index is 1240. The third-order valence-corrected chi connectivity index (χ3v) is 8.68. The van der Waals surface area contributed by atoms with Gasteiger partial charge in [0.1, 0.15) is 12.6 Å². The quantitative estimate of drug-likeness (QED) is 0.0184. The van der Waals surface area contributed by atoms with Gasteiger partial charge >= 0.3 is 25.7 Å². The van der Waals surface area contributed by atoms with Gasteiger partial charge in [0.2, 0.25) is 0 Å². The van der Waals surface area contributed by atoms with Gasteiger partial charge in [-0.1, -0.05) is 137 Å². The lowest BCUT2D eigenvalue weighted by atomic mass is 10.1. The average Bonchev–Trinajstić information content (AvgIpc) is 3.14. The van der Waals surface area contributed by atoms with Crippen molar-refractivity contribution in [3.8, 4) is 0 Å². The molecule has 0 heterocycles. The summed E-state index contributed by atoms with van der Waals surface area (Å²) in [6.45, 7) is 2.48. The number of unbranched alkanes of at least 4 members (excludes halogenated alkanes) is 10. The largest absolute Gasteiger partial charge is 0.480 e. The van der Waals surface area contributed by atoms with Gasteiger partial charge in [0.15, 0.2) is 6.10 Å². The standard InChI is InChI=1S/C42H68NO10P/c1-3-5-7-9-11-13-15-17-19-21-23-25-27-29-31-33-40(44)50-35-38(36-51-54(48,49)52-37-39(43)42(46)47)53-41(45)34-32-30-28-26-24-22-20-18-16-14-12-10-8-6-4-2/h5-9,11-15,17-20,38-39H,3-4,10,16,21-37,43H2,1-2H3,(H,46,47)(H,48,49)/b7-5+,8-6+,11-9+,14-12+,15-13+,19-17+,20-18+/t38-,39+/m1/s1. The molecule has 0 aliphatic rings. The smallest absolute Gasteiger partial charge is 0.472 e. The van der Waals surface area contributed by atoms with Crippen LogP contribution in [0.2, 0.25) is 0 Å². The zero-order chi connectivity index (χ0) is 40.0. The average molecular weight is 778 g/mol. The summed E-state index contributed by atoms with van der Waals surface area (Å²) in [6.07, 6.45) is 43.6. The molecule has 0 aliphatic heterocycles. The van der Waals surface area contributed by atoms with Crippen molar-refractivity contribution in [1.82, 2.24) is 0 Å². The second-order valence-corrected chi connectivity index (χ2v) is 14.2. The van der Waals surface area contributed by atoms with Crippen LogP contribution in [0, 0.1) is 0 Å². The first kappa shape index (κ1) is 50.7. The highest BCUT2D eigenvalue weighted by Gasteiger charge is 2.28. The molecule has 0 aromatic rings. The number of phosphoric ester groups is 1. The second kappa shape index (κ2) is 36.6. The van der Waals surface area contributed by atoms with E-state index in [1.54, 1.807) is 0 Å². The van der Waals surface area contributed by atoms with Crippen molar-refractivity contribution >= 4 is 25.7 Å². The van der Waals surface area contributed by atoms with E-state index in [4.69, 9.17) is 24.8 Å². The second-order valence-electron chi connectivity index (χ2n) is 12.7. The van der Waals surface area contributed by atoms with Gasteiger partial charge < -0.3 is 25.2 Å². The number of carbonyl (C=O) groups is 3. The maximum absolute atomic E-state index is 12.6. The Morgan fingerprint density at radius 1 is 0.593 bits per heavy atom. The Balaban J connectivity index is 4.51. The number of ether oxygens (including phenoxy) is 2. The first-order chi connectivity index (χ1) is 26.1. The molecule has 0 aliphatic carbocycles.